The number of aliphatic hydroxyl groups is 1. The van der Waals surface area contributed by atoms with Crippen molar-refractivity contribution in [2.24, 2.45) is 5.41 Å². The maximum absolute atomic E-state index is 12.7. The smallest absolute Gasteiger partial charge is 0.224 e. The van der Waals surface area contributed by atoms with Gasteiger partial charge in [-0.15, -0.1) is 0 Å². The molecule has 0 spiro atoms. The highest BCUT2D eigenvalue weighted by atomic mass is 16.5. The molecule has 6 nitrogen and oxygen atoms in total. The van der Waals surface area contributed by atoms with Gasteiger partial charge >= 0.3 is 0 Å². The Kier molecular flexibility index (Phi) is 5.05. The summed E-state index contributed by atoms with van der Waals surface area (Å²) in [4.78, 5) is 26.6. The largest absolute Gasteiger partial charge is 0.493 e. The van der Waals surface area contributed by atoms with Crippen LogP contribution in [0.5, 0.6) is 5.75 Å². The molecule has 4 rings (SSSR count). The summed E-state index contributed by atoms with van der Waals surface area (Å²) in [7, 11) is 0. The quantitative estimate of drug-likeness (QED) is 0.835. The number of carbonyl (C=O) groups is 2. The van der Waals surface area contributed by atoms with Gasteiger partial charge in [-0.3, -0.25) is 9.59 Å². The van der Waals surface area contributed by atoms with Gasteiger partial charge in [-0.2, -0.15) is 0 Å². The Balaban J connectivity index is 1.39. The third-order valence-electron chi connectivity index (χ3n) is 5.75. The van der Waals surface area contributed by atoms with Crippen molar-refractivity contribution in [1.29, 1.82) is 0 Å². The van der Waals surface area contributed by atoms with E-state index in [1.165, 1.54) is 0 Å². The lowest BCUT2D eigenvalue weighted by molar-refractivity contribution is -0.132. The molecule has 28 heavy (non-hydrogen) atoms. The summed E-state index contributed by atoms with van der Waals surface area (Å²) >= 11 is 0. The fourth-order valence-electron chi connectivity index (χ4n) is 4.18. The van der Waals surface area contributed by atoms with Crippen LogP contribution in [0.2, 0.25) is 0 Å². The van der Waals surface area contributed by atoms with Crippen LogP contribution in [0.4, 0.5) is 5.69 Å². The van der Waals surface area contributed by atoms with Gasteiger partial charge in [-0.1, -0.05) is 36.4 Å². The minimum Gasteiger partial charge on any atom is -0.493 e. The van der Waals surface area contributed by atoms with Crippen LogP contribution in [0.1, 0.15) is 24.3 Å². The Hall–Kier alpha value is -2.86. The molecule has 1 fully saturated rings. The van der Waals surface area contributed by atoms with Crippen molar-refractivity contribution in [1.82, 2.24) is 4.90 Å². The highest BCUT2D eigenvalue weighted by molar-refractivity contribution is 5.93. The van der Waals surface area contributed by atoms with E-state index in [9.17, 15) is 14.7 Å². The number of likely N-dealkylation sites (tertiary alicyclic amines) is 1. The van der Waals surface area contributed by atoms with Crippen molar-refractivity contribution in [3.63, 3.8) is 0 Å². The minimum atomic E-state index is -0.476. The van der Waals surface area contributed by atoms with Gasteiger partial charge in [0.1, 0.15) is 5.75 Å². The zero-order valence-electron chi connectivity index (χ0n) is 15.6. The number of amides is 2. The summed E-state index contributed by atoms with van der Waals surface area (Å²) in [6.45, 7) is 1.34. The van der Waals surface area contributed by atoms with Crippen molar-refractivity contribution in [3.05, 3.63) is 60.2 Å². The van der Waals surface area contributed by atoms with E-state index in [1.54, 1.807) is 4.90 Å². The lowest BCUT2D eigenvalue weighted by Gasteiger charge is -2.37. The first-order valence-corrected chi connectivity index (χ1v) is 9.56. The molecule has 2 aromatic carbocycles. The van der Waals surface area contributed by atoms with E-state index in [4.69, 9.17) is 4.74 Å². The van der Waals surface area contributed by atoms with Gasteiger partial charge in [0.2, 0.25) is 11.8 Å². The summed E-state index contributed by atoms with van der Waals surface area (Å²) in [6.07, 6.45) is 0.281. The number of aliphatic hydroxyl groups excluding tert-OH is 1. The lowest BCUT2D eigenvalue weighted by Crippen LogP contribution is -2.42. The van der Waals surface area contributed by atoms with Crippen molar-refractivity contribution in [3.8, 4) is 5.75 Å². The zero-order valence-corrected chi connectivity index (χ0v) is 15.6. The molecule has 0 unspecified atom stereocenters. The molecule has 146 valence electrons. The molecule has 2 aromatic rings. The highest BCUT2D eigenvalue weighted by Gasteiger charge is 2.51. The number of para-hydroxylation sites is 2. The van der Waals surface area contributed by atoms with Crippen LogP contribution in [-0.4, -0.2) is 48.1 Å². The molecule has 0 aromatic heterocycles. The molecule has 0 aliphatic carbocycles. The first-order chi connectivity index (χ1) is 13.6. The Morgan fingerprint density at radius 1 is 1.11 bits per heavy atom. The van der Waals surface area contributed by atoms with Gasteiger partial charge in [0.05, 0.1) is 18.6 Å². The second-order valence-electron chi connectivity index (χ2n) is 7.59. The standard InChI is InChI=1S/C22H24N2O4/c25-14-22-13-24(12-18(22)17-8-4-5-9-19(17)28-15-22)21(27)11-10-20(26)23-16-6-2-1-3-7-16/h1-9,18,25H,10-15H2,(H,23,26)/t18-,22-/m1/s1. The maximum atomic E-state index is 12.7. The van der Waals surface area contributed by atoms with E-state index >= 15 is 0 Å². The van der Waals surface area contributed by atoms with Gasteiger partial charge < -0.3 is 20.1 Å². The molecule has 2 aliphatic heterocycles. The van der Waals surface area contributed by atoms with Crippen LogP contribution in [0.25, 0.3) is 0 Å². The van der Waals surface area contributed by atoms with Crippen LogP contribution in [-0.2, 0) is 9.59 Å². The summed E-state index contributed by atoms with van der Waals surface area (Å²) in [5, 5.41) is 12.9. The average Bonchev–Trinajstić information content (AvgIpc) is 3.14. The van der Waals surface area contributed by atoms with Crippen LogP contribution in [0, 0.1) is 5.41 Å². The van der Waals surface area contributed by atoms with E-state index in [0.29, 0.717) is 19.7 Å². The highest BCUT2D eigenvalue weighted by Crippen LogP contribution is 2.49. The predicted molar refractivity (Wildman–Crippen MR) is 105 cm³/mol. The average molecular weight is 380 g/mol. The minimum absolute atomic E-state index is 0.0374. The predicted octanol–water partition coefficient (Wildman–Crippen LogP) is 2.40. The molecule has 2 heterocycles. The second kappa shape index (κ2) is 7.64. The summed E-state index contributed by atoms with van der Waals surface area (Å²) in [5.41, 5.74) is 1.29. The van der Waals surface area contributed by atoms with Crippen LogP contribution in [0.3, 0.4) is 0 Å². The number of rotatable bonds is 5. The summed E-state index contributed by atoms with van der Waals surface area (Å²) in [5.74, 6) is 0.627. The van der Waals surface area contributed by atoms with Crippen molar-refractivity contribution < 1.29 is 19.4 Å². The van der Waals surface area contributed by atoms with Gasteiger partial charge in [0, 0.05) is 37.5 Å². The molecular formula is C22H24N2O4. The fourth-order valence-corrected chi connectivity index (χ4v) is 4.18. The Labute approximate surface area is 164 Å². The number of carbonyl (C=O) groups excluding carboxylic acids is 2. The van der Waals surface area contributed by atoms with Crippen LogP contribution >= 0.6 is 0 Å². The van der Waals surface area contributed by atoms with E-state index in [1.807, 2.05) is 54.6 Å². The van der Waals surface area contributed by atoms with E-state index in [0.717, 1.165) is 17.0 Å². The molecule has 2 amide bonds. The first-order valence-electron chi connectivity index (χ1n) is 9.56. The number of anilines is 1. The van der Waals surface area contributed by atoms with Crippen LogP contribution < -0.4 is 10.1 Å². The SMILES string of the molecule is O=C(CCC(=O)N1C[C@@H]2c3ccccc3OC[C@]2(CO)C1)Nc1ccccc1. The Morgan fingerprint density at radius 3 is 2.64 bits per heavy atom. The topological polar surface area (TPSA) is 78.9 Å². The van der Waals surface area contributed by atoms with Gasteiger partial charge in [-0.25, -0.2) is 0 Å². The number of benzene rings is 2. The van der Waals surface area contributed by atoms with Gasteiger partial charge in [-0.05, 0) is 23.8 Å². The number of ether oxygens (including phenoxy) is 1. The number of hydrogen-bond acceptors (Lipinski definition) is 4. The number of nitrogens with one attached hydrogen (secondary N) is 1. The number of hydrogen-bond donors (Lipinski definition) is 2. The van der Waals surface area contributed by atoms with Gasteiger partial charge in [0.25, 0.3) is 0 Å². The molecule has 1 saturated heterocycles. The maximum Gasteiger partial charge on any atom is 0.224 e. The third-order valence-corrected chi connectivity index (χ3v) is 5.75. The monoisotopic (exact) mass is 380 g/mol. The molecule has 2 aliphatic rings. The number of nitrogens with zero attached hydrogens (tertiary/aromatic N) is 1. The lowest BCUT2D eigenvalue weighted by atomic mass is 9.74. The van der Waals surface area contributed by atoms with Crippen molar-refractivity contribution >= 4 is 17.5 Å². The van der Waals surface area contributed by atoms with Crippen LogP contribution in [0.15, 0.2) is 54.6 Å². The summed E-state index contributed by atoms with van der Waals surface area (Å²) < 4.78 is 5.86. The first kappa shape index (κ1) is 18.5. The fraction of sp³-hybridized carbons (Fsp3) is 0.364. The molecule has 2 N–H and O–H groups in total. The Morgan fingerprint density at radius 2 is 1.86 bits per heavy atom. The third kappa shape index (κ3) is 3.47. The van der Waals surface area contributed by atoms with Gasteiger partial charge in [0.15, 0.2) is 0 Å². The van der Waals surface area contributed by atoms with E-state index < -0.39 is 5.41 Å². The molecule has 0 bridgehead atoms. The zero-order chi connectivity index (χ0) is 19.6. The number of fused-ring (bicyclic) bond motifs is 3. The normalized spacial score (nSPS) is 22.8. The molecule has 0 radical (unpaired) electrons. The molecule has 0 saturated carbocycles. The summed E-state index contributed by atoms with van der Waals surface area (Å²) in [6, 6.07) is 17.0. The van der Waals surface area contributed by atoms with Crippen molar-refractivity contribution in [2.75, 3.05) is 31.6 Å². The van der Waals surface area contributed by atoms with Crippen molar-refractivity contribution in [2.45, 2.75) is 18.8 Å². The van der Waals surface area contributed by atoms with E-state index in [-0.39, 0.29) is 37.2 Å². The molecular weight excluding hydrogens is 356 g/mol. The molecule has 2 atom stereocenters. The molecule has 6 heteroatoms. The Bertz CT molecular complexity index is 870. The van der Waals surface area contributed by atoms with E-state index in [2.05, 4.69) is 5.32 Å². The second-order valence-corrected chi connectivity index (χ2v) is 7.59.